The first-order valence-corrected chi connectivity index (χ1v) is 12.7. The third-order valence-electron chi connectivity index (χ3n) is 6.06. The second-order valence-electron chi connectivity index (χ2n) is 8.25. The van der Waals surface area contributed by atoms with Crippen molar-refractivity contribution in [2.45, 2.75) is 88.7 Å². The molecule has 5 nitrogen and oxygen atoms in total. The first-order chi connectivity index (χ1) is 14.2. The molecule has 0 radical (unpaired) electrons. The average Bonchev–Trinajstić information content (AvgIpc) is 2.77. The van der Waals surface area contributed by atoms with Crippen molar-refractivity contribution >= 4 is 40.7 Å². The first-order valence-electron chi connectivity index (χ1n) is 11.3. The molecule has 0 aromatic heterocycles. The Balaban J connectivity index is 0.00000320. The van der Waals surface area contributed by atoms with E-state index in [0.717, 1.165) is 43.1 Å². The molecule has 0 aliphatic heterocycles. The van der Waals surface area contributed by atoms with Crippen molar-refractivity contribution in [1.82, 2.24) is 10.6 Å². The number of halogens is 1. The SMILES string of the molecule is CCS(=O)C1CCCC(NC(=NC)NCc2cccc(OC3CCCCC3)c2)C1.I. The van der Waals surface area contributed by atoms with Crippen LogP contribution in [0.2, 0.25) is 0 Å². The monoisotopic (exact) mass is 547 g/mol. The third-order valence-corrected chi connectivity index (χ3v) is 7.80. The normalized spacial score (nSPS) is 23.9. The molecule has 2 saturated carbocycles. The fourth-order valence-electron chi connectivity index (χ4n) is 4.43. The zero-order valence-electron chi connectivity index (χ0n) is 18.4. The van der Waals surface area contributed by atoms with Crippen LogP contribution < -0.4 is 15.4 Å². The zero-order chi connectivity index (χ0) is 20.5. The molecule has 2 fully saturated rings. The Labute approximate surface area is 201 Å². The van der Waals surface area contributed by atoms with Gasteiger partial charge in [0.2, 0.25) is 0 Å². The number of hydrogen-bond acceptors (Lipinski definition) is 3. The van der Waals surface area contributed by atoms with Gasteiger partial charge in [-0.25, -0.2) is 0 Å². The summed E-state index contributed by atoms with van der Waals surface area (Å²) in [6.07, 6.45) is 10.9. The molecule has 0 bridgehead atoms. The van der Waals surface area contributed by atoms with Gasteiger partial charge in [0, 0.05) is 41.4 Å². The summed E-state index contributed by atoms with van der Waals surface area (Å²) in [6.45, 7) is 2.72. The molecule has 2 aliphatic carbocycles. The maximum atomic E-state index is 12.2. The Morgan fingerprint density at radius 1 is 1.17 bits per heavy atom. The molecular formula is C23H38IN3O2S. The van der Waals surface area contributed by atoms with E-state index in [4.69, 9.17) is 4.74 Å². The fraction of sp³-hybridized carbons (Fsp3) is 0.696. The van der Waals surface area contributed by atoms with Crippen LogP contribution in [0.25, 0.3) is 0 Å². The van der Waals surface area contributed by atoms with Crippen LogP contribution in [0.3, 0.4) is 0 Å². The van der Waals surface area contributed by atoms with Gasteiger partial charge in [-0.05, 0) is 62.6 Å². The third kappa shape index (κ3) is 8.02. The highest BCUT2D eigenvalue weighted by Crippen LogP contribution is 2.24. The summed E-state index contributed by atoms with van der Waals surface area (Å²) >= 11 is 0. The Hall–Kier alpha value is -0.830. The van der Waals surface area contributed by atoms with Crippen molar-refractivity contribution in [1.29, 1.82) is 0 Å². The number of hydrogen-bond donors (Lipinski definition) is 2. The molecule has 30 heavy (non-hydrogen) atoms. The molecule has 1 aromatic rings. The lowest BCUT2D eigenvalue weighted by atomic mass is 9.95. The smallest absolute Gasteiger partial charge is 0.191 e. The van der Waals surface area contributed by atoms with Crippen molar-refractivity contribution in [3.05, 3.63) is 29.8 Å². The lowest BCUT2D eigenvalue weighted by molar-refractivity contribution is 0.155. The molecule has 1 aromatic carbocycles. The Kier molecular flexibility index (Phi) is 11.5. The standard InChI is InChI=1S/C23H37N3O2S.HI/c1-3-29(27)22-14-8-10-19(16-22)26-23(24-2)25-17-18-9-7-13-21(15-18)28-20-11-5-4-6-12-20;/h7,9,13,15,19-20,22H,3-6,8,10-12,14,16-17H2,1-2H3,(H2,24,25,26);1H. The second kappa shape index (κ2) is 13.6. The molecule has 2 N–H and O–H groups in total. The molecule has 0 spiro atoms. The predicted molar refractivity (Wildman–Crippen MR) is 137 cm³/mol. The minimum Gasteiger partial charge on any atom is -0.490 e. The van der Waals surface area contributed by atoms with Crippen LogP contribution in [0.4, 0.5) is 0 Å². The van der Waals surface area contributed by atoms with Gasteiger partial charge in [0.25, 0.3) is 0 Å². The van der Waals surface area contributed by atoms with Crippen molar-refractivity contribution in [2.75, 3.05) is 12.8 Å². The van der Waals surface area contributed by atoms with Gasteiger partial charge >= 0.3 is 0 Å². The number of aliphatic imine (C=N–C) groups is 1. The highest BCUT2D eigenvalue weighted by Gasteiger charge is 2.26. The first kappa shape index (κ1) is 25.4. The molecule has 3 unspecified atom stereocenters. The fourth-order valence-corrected chi connectivity index (χ4v) is 5.78. The number of rotatable bonds is 7. The molecule has 0 saturated heterocycles. The number of ether oxygens (including phenoxy) is 1. The summed E-state index contributed by atoms with van der Waals surface area (Å²) in [4.78, 5) is 4.39. The molecule has 7 heteroatoms. The Morgan fingerprint density at radius 2 is 1.97 bits per heavy atom. The largest absolute Gasteiger partial charge is 0.490 e. The van der Waals surface area contributed by atoms with E-state index in [1.807, 2.05) is 14.0 Å². The van der Waals surface area contributed by atoms with E-state index in [1.165, 1.54) is 37.7 Å². The molecule has 3 rings (SSSR count). The summed E-state index contributed by atoms with van der Waals surface area (Å²) in [5, 5.41) is 7.29. The maximum absolute atomic E-state index is 12.2. The van der Waals surface area contributed by atoms with Crippen LogP contribution in [0, 0.1) is 0 Å². The van der Waals surface area contributed by atoms with E-state index >= 15 is 0 Å². The summed E-state index contributed by atoms with van der Waals surface area (Å²) in [5.41, 5.74) is 1.19. The summed E-state index contributed by atoms with van der Waals surface area (Å²) < 4.78 is 18.4. The van der Waals surface area contributed by atoms with Gasteiger partial charge in [-0.1, -0.05) is 31.9 Å². The van der Waals surface area contributed by atoms with Crippen LogP contribution in [-0.2, 0) is 17.3 Å². The van der Waals surface area contributed by atoms with E-state index in [1.54, 1.807) is 0 Å². The summed E-state index contributed by atoms with van der Waals surface area (Å²) in [5.74, 6) is 2.54. The number of benzene rings is 1. The predicted octanol–water partition coefficient (Wildman–Crippen LogP) is 4.76. The molecule has 3 atom stereocenters. The van der Waals surface area contributed by atoms with Crippen LogP contribution in [0.15, 0.2) is 29.3 Å². The van der Waals surface area contributed by atoms with Crippen molar-refractivity contribution in [2.24, 2.45) is 4.99 Å². The number of guanidine groups is 1. The van der Waals surface area contributed by atoms with Gasteiger partial charge in [-0.3, -0.25) is 9.20 Å². The molecule has 0 heterocycles. The van der Waals surface area contributed by atoms with Gasteiger partial charge in [0.05, 0.1) is 6.10 Å². The minimum absolute atomic E-state index is 0. The van der Waals surface area contributed by atoms with Crippen LogP contribution >= 0.6 is 24.0 Å². The average molecular weight is 548 g/mol. The molecule has 2 aliphatic rings. The molecule has 0 amide bonds. The molecule has 170 valence electrons. The second-order valence-corrected chi connectivity index (χ2v) is 10.3. The van der Waals surface area contributed by atoms with E-state index in [2.05, 4.69) is 39.9 Å². The van der Waals surface area contributed by atoms with Gasteiger partial charge < -0.3 is 15.4 Å². The number of nitrogens with zero attached hydrogens (tertiary/aromatic N) is 1. The van der Waals surface area contributed by atoms with Crippen molar-refractivity contribution in [3.63, 3.8) is 0 Å². The quantitative estimate of drug-likeness (QED) is 0.294. The van der Waals surface area contributed by atoms with Gasteiger partial charge in [-0.15, -0.1) is 24.0 Å². The highest BCUT2D eigenvalue weighted by atomic mass is 127. The topological polar surface area (TPSA) is 62.7 Å². The minimum atomic E-state index is -0.705. The Bertz CT molecular complexity index is 695. The van der Waals surface area contributed by atoms with Crippen LogP contribution in [0.1, 0.15) is 70.3 Å². The number of nitrogens with one attached hydrogen (secondary N) is 2. The van der Waals surface area contributed by atoms with Crippen molar-refractivity contribution in [3.8, 4) is 5.75 Å². The van der Waals surface area contributed by atoms with Gasteiger partial charge in [0.1, 0.15) is 5.75 Å². The van der Waals surface area contributed by atoms with E-state index in [0.29, 0.717) is 23.9 Å². The van der Waals surface area contributed by atoms with E-state index in [9.17, 15) is 4.21 Å². The van der Waals surface area contributed by atoms with Gasteiger partial charge in [0.15, 0.2) is 5.96 Å². The zero-order valence-corrected chi connectivity index (χ0v) is 21.5. The van der Waals surface area contributed by atoms with E-state index < -0.39 is 10.8 Å². The summed E-state index contributed by atoms with van der Waals surface area (Å²) in [7, 11) is 1.10. The van der Waals surface area contributed by atoms with Crippen LogP contribution in [0.5, 0.6) is 5.75 Å². The van der Waals surface area contributed by atoms with E-state index in [-0.39, 0.29) is 24.0 Å². The van der Waals surface area contributed by atoms with Crippen molar-refractivity contribution < 1.29 is 8.95 Å². The lowest BCUT2D eigenvalue weighted by Crippen LogP contribution is -2.46. The lowest BCUT2D eigenvalue weighted by Gasteiger charge is -2.30. The maximum Gasteiger partial charge on any atom is 0.191 e. The highest BCUT2D eigenvalue weighted by molar-refractivity contribution is 14.0. The Morgan fingerprint density at radius 3 is 2.70 bits per heavy atom. The van der Waals surface area contributed by atoms with Gasteiger partial charge in [-0.2, -0.15) is 0 Å². The van der Waals surface area contributed by atoms with Crippen LogP contribution in [-0.4, -0.2) is 40.4 Å². The summed E-state index contributed by atoms with van der Waals surface area (Å²) in [6, 6.07) is 8.72. The molecular weight excluding hydrogens is 509 g/mol.